The summed E-state index contributed by atoms with van der Waals surface area (Å²) in [5.41, 5.74) is 2.55. The van der Waals surface area contributed by atoms with E-state index in [0.29, 0.717) is 17.5 Å². The Hall–Kier alpha value is -1.55. The van der Waals surface area contributed by atoms with Crippen LogP contribution in [-0.4, -0.2) is 36.6 Å². The molecule has 0 bridgehead atoms. The molecular formula is C25H41N3O. The molecule has 0 aliphatic heterocycles. The third kappa shape index (κ3) is 7.02. The fourth-order valence-electron chi connectivity index (χ4n) is 4.72. The average molecular weight is 400 g/mol. The highest BCUT2D eigenvalue weighted by atomic mass is 16.2. The molecule has 2 aliphatic rings. The summed E-state index contributed by atoms with van der Waals surface area (Å²) in [6.45, 7) is 8.10. The maximum Gasteiger partial charge on any atom is 0.321 e. The number of hydrogen-bond donors (Lipinski definition) is 2. The van der Waals surface area contributed by atoms with E-state index in [4.69, 9.17) is 0 Å². The van der Waals surface area contributed by atoms with Gasteiger partial charge in [-0.15, -0.1) is 0 Å². The minimum atomic E-state index is 0.0125. The first-order valence-corrected chi connectivity index (χ1v) is 11.7. The minimum absolute atomic E-state index is 0.0125. The number of hydrogen-bond acceptors (Lipinski definition) is 2. The molecule has 1 aromatic carbocycles. The highest BCUT2D eigenvalue weighted by molar-refractivity contribution is 5.89. The van der Waals surface area contributed by atoms with E-state index in [2.05, 4.69) is 43.5 Å². The molecule has 0 saturated heterocycles. The van der Waals surface area contributed by atoms with E-state index < -0.39 is 0 Å². The first-order chi connectivity index (χ1) is 13.9. The lowest BCUT2D eigenvalue weighted by Crippen LogP contribution is -2.45. The molecule has 2 N–H and O–H groups in total. The number of carbonyl (C=O) groups excluding carboxylic acids is 1. The van der Waals surface area contributed by atoms with E-state index in [1.54, 1.807) is 0 Å². The molecule has 2 amide bonds. The Labute approximate surface area is 177 Å². The smallest absolute Gasteiger partial charge is 0.321 e. The first-order valence-electron chi connectivity index (χ1n) is 11.7. The first kappa shape index (κ1) is 22.1. The van der Waals surface area contributed by atoms with Gasteiger partial charge in [-0.2, -0.15) is 0 Å². The Morgan fingerprint density at radius 1 is 1.07 bits per heavy atom. The van der Waals surface area contributed by atoms with Crippen molar-refractivity contribution >= 4 is 11.7 Å². The fraction of sp³-hybridized carbons (Fsp3) is 0.720. The number of nitrogens with zero attached hydrogens (tertiary/aromatic N) is 1. The van der Waals surface area contributed by atoms with Crippen LogP contribution in [0.15, 0.2) is 24.3 Å². The van der Waals surface area contributed by atoms with Crippen LogP contribution in [0.25, 0.3) is 0 Å². The zero-order chi connectivity index (χ0) is 20.9. The second kappa shape index (κ2) is 9.97. The van der Waals surface area contributed by atoms with E-state index in [-0.39, 0.29) is 6.03 Å². The molecule has 0 spiro atoms. The van der Waals surface area contributed by atoms with Gasteiger partial charge < -0.3 is 15.5 Å². The van der Waals surface area contributed by atoms with Gasteiger partial charge in [0.05, 0.1) is 0 Å². The van der Waals surface area contributed by atoms with Crippen LogP contribution >= 0.6 is 0 Å². The molecule has 162 valence electrons. The van der Waals surface area contributed by atoms with Crippen molar-refractivity contribution in [3.63, 3.8) is 0 Å². The van der Waals surface area contributed by atoms with Gasteiger partial charge in [0.15, 0.2) is 0 Å². The zero-order valence-corrected chi connectivity index (χ0v) is 19.0. The van der Waals surface area contributed by atoms with E-state index in [1.807, 2.05) is 24.1 Å². The molecule has 0 radical (unpaired) electrons. The lowest BCUT2D eigenvalue weighted by molar-refractivity contribution is 0.177. The van der Waals surface area contributed by atoms with Crippen molar-refractivity contribution in [3.05, 3.63) is 29.8 Å². The highest BCUT2D eigenvalue weighted by Crippen LogP contribution is 2.30. The quantitative estimate of drug-likeness (QED) is 0.549. The van der Waals surface area contributed by atoms with Gasteiger partial charge in [-0.25, -0.2) is 4.79 Å². The zero-order valence-electron chi connectivity index (χ0n) is 19.0. The Bertz CT molecular complexity index is 643. The van der Waals surface area contributed by atoms with Crippen molar-refractivity contribution < 1.29 is 4.79 Å². The van der Waals surface area contributed by atoms with Gasteiger partial charge in [0.2, 0.25) is 0 Å². The van der Waals surface area contributed by atoms with E-state index in [9.17, 15) is 4.79 Å². The van der Waals surface area contributed by atoms with Gasteiger partial charge in [-0.1, -0.05) is 39.3 Å². The molecule has 4 heteroatoms. The van der Waals surface area contributed by atoms with Crippen LogP contribution in [-0.2, 0) is 6.42 Å². The van der Waals surface area contributed by atoms with E-state index >= 15 is 0 Å². The van der Waals surface area contributed by atoms with Crippen molar-refractivity contribution in [1.29, 1.82) is 0 Å². The summed E-state index contributed by atoms with van der Waals surface area (Å²) in [7, 11) is 1.94. The monoisotopic (exact) mass is 399 g/mol. The topological polar surface area (TPSA) is 44.4 Å². The molecule has 2 aliphatic carbocycles. The minimum Gasteiger partial charge on any atom is -0.325 e. The SMILES string of the molecule is CCCC(C)(C)Cc1ccc(NC(=O)N(C)C2CCC(NCC3CC3)CC2)cc1. The van der Waals surface area contributed by atoms with Crippen molar-refractivity contribution in [2.45, 2.75) is 90.6 Å². The second-order valence-corrected chi connectivity index (χ2v) is 10.2. The third-order valence-corrected chi connectivity index (χ3v) is 6.77. The van der Waals surface area contributed by atoms with Crippen LogP contribution in [0.2, 0.25) is 0 Å². The van der Waals surface area contributed by atoms with Gasteiger partial charge in [0.25, 0.3) is 0 Å². The summed E-state index contributed by atoms with van der Waals surface area (Å²) in [6.07, 6.45) is 10.9. The number of rotatable bonds is 9. The predicted octanol–water partition coefficient (Wildman–Crippen LogP) is 5.83. The maximum absolute atomic E-state index is 12.7. The van der Waals surface area contributed by atoms with Crippen LogP contribution < -0.4 is 10.6 Å². The van der Waals surface area contributed by atoms with E-state index in [1.165, 1.54) is 50.6 Å². The summed E-state index contributed by atoms with van der Waals surface area (Å²) in [5, 5.41) is 6.81. The van der Waals surface area contributed by atoms with Crippen LogP contribution in [0.1, 0.15) is 77.7 Å². The van der Waals surface area contributed by atoms with Gasteiger partial charge in [-0.3, -0.25) is 0 Å². The number of carbonyl (C=O) groups is 1. The predicted molar refractivity (Wildman–Crippen MR) is 122 cm³/mol. The molecule has 0 heterocycles. The van der Waals surface area contributed by atoms with E-state index in [0.717, 1.165) is 30.9 Å². The van der Waals surface area contributed by atoms with Gasteiger partial charge >= 0.3 is 6.03 Å². The van der Waals surface area contributed by atoms with Crippen LogP contribution in [0.3, 0.4) is 0 Å². The summed E-state index contributed by atoms with van der Waals surface area (Å²) in [5.74, 6) is 0.935. The number of anilines is 1. The number of benzene rings is 1. The molecular weight excluding hydrogens is 358 g/mol. The summed E-state index contributed by atoms with van der Waals surface area (Å²) in [6, 6.07) is 9.41. The van der Waals surface area contributed by atoms with Crippen molar-refractivity contribution in [3.8, 4) is 0 Å². The summed E-state index contributed by atoms with van der Waals surface area (Å²) in [4.78, 5) is 14.6. The average Bonchev–Trinajstić information content (AvgIpc) is 3.52. The largest absolute Gasteiger partial charge is 0.325 e. The number of amides is 2. The summed E-state index contributed by atoms with van der Waals surface area (Å²) >= 11 is 0. The lowest BCUT2D eigenvalue weighted by Gasteiger charge is -2.35. The molecule has 0 aromatic heterocycles. The highest BCUT2D eigenvalue weighted by Gasteiger charge is 2.28. The Morgan fingerprint density at radius 3 is 2.31 bits per heavy atom. The Kier molecular flexibility index (Phi) is 7.61. The van der Waals surface area contributed by atoms with Crippen molar-refractivity contribution in [1.82, 2.24) is 10.2 Å². The van der Waals surface area contributed by atoms with Gasteiger partial charge in [0.1, 0.15) is 0 Å². The fourth-order valence-corrected chi connectivity index (χ4v) is 4.72. The van der Waals surface area contributed by atoms with Crippen LogP contribution in [0, 0.1) is 11.3 Å². The summed E-state index contributed by atoms with van der Waals surface area (Å²) < 4.78 is 0. The van der Waals surface area contributed by atoms with Crippen LogP contribution in [0.5, 0.6) is 0 Å². The molecule has 4 nitrogen and oxygen atoms in total. The maximum atomic E-state index is 12.7. The Morgan fingerprint density at radius 2 is 1.72 bits per heavy atom. The van der Waals surface area contributed by atoms with Crippen molar-refractivity contribution in [2.75, 3.05) is 18.9 Å². The van der Waals surface area contributed by atoms with Gasteiger partial charge in [0, 0.05) is 24.8 Å². The number of urea groups is 1. The van der Waals surface area contributed by atoms with Crippen LogP contribution in [0.4, 0.5) is 10.5 Å². The molecule has 2 saturated carbocycles. The molecule has 3 rings (SSSR count). The molecule has 2 fully saturated rings. The molecule has 1 aromatic rings. The normalized spacial score (nSPS) is 22.3. The lowest BCUT2D eigenvalue weighted by atomic mass is 9.82. The van der Waals surface area contributed by atoms with Gasteiger partial charge in [-0.05, 0) is 86.9 Å². The molecule has 0 atom stereocenters. The third-order valence-electron chi connectivity index (χ3n) is 6.77. The van der Waals surface area contributed by atoms with Crippen molar-refractivity contribution in [2.24, 2.45) is 11.3 Å². The standard InChI is InChI=1S/C25H41N3O/c1-5-16-25(2,3)17-19-8-10-22(11-9-19)27-24(29)28(4)23-14-12-21(13-15-23)26-18-20-6-7-20/h8-11,20-21,23,26H,5-7,12-18H2,1-4H3,(H,27,29). The Balaban J connectivity index is 1.43. The second-order valence-electron chi connectivity index (χ2n) is 10.2. The molecule has 0 unspecified atom stereocenters. The molecule has 29 heavy (non-hydrogen) atoms. The number of nitrogens with one attached hydrogen (secondary N) is 2.